The third-order valence-corrected chi connectivity index (χ3v) is 3.42. The molecule has 2 rings (SSSR count). The molecule has 1 amide bonds. The van der Waals surface area contributed by atoms with Crippen LogP contribution in [0, 0.1) is 5.41 Å². The van der Waals surface area contributed by atoms with Gasteiger partial charge in [0.25, 0.3) is 5.91 Å². The smallest absolute Gasteiger partial charge is 0.354 e. The van der Waals surface area contributed by atoms with Gasteiger partial charge in [0.05, 0.1) is 5.56 Å². The van der Waals surface area contributed by atoms with Gasteiger partial charge in [-0.1, -0.05) is 13.8 Å². The van der Waals surface area contributed by atoms with Crippen LogP contribution in [0.1, 0.15) is 47.5 Å². The molecule has 0 unspecified atom stereocenters. The molecular formula is C14H18N2O3. The number of aromatic nitrogens is 1. The van der Waals surface area contributed by atoms with Gasteiger partial charge in [-0.3, -0.25) is 4.79 Å². The molecule has 102 valence electrons. The number of hydrogen-bond acceptors (Lipinski definition) is 3. The molecule has 0 saturated carbocycles. The highest BCUT2D eigenvalue weighted by Crippen LogP contribution is 2.29. The van der Waals surface area contributed by atoms with Crippen molar-refractivity contribution in [3.63, 3.8) is 0 Å². The van der Waals surface area contributed by atoms with Crippen molar-refractivity contribution in [3.8, 4) is 0 Å². The van der Waals surface area contributed by atoms with E-state index in [1.807, 2.05) is 4.90 Å². The van der Waals surface area contributed by atoms with Crippen LogP contribution in [0.2, 0.25) is 0 Å². The van der Waals surface area contributed by atoms with Crippen molar-refractivity contribution in [2.24, 2.45) is 5.41 Å². The second-order valence-corrected chi connectivity index (χ2v) is 5.73. The van der Waals surface area contributed by atoms with Gasteiger partial charge in [-0.2, -0.15) is 0 Å². The van der Waals surface area contributed by atoms with E-state index in [1.165, 1.54) is 18.3 Å². The molecular weight excluding hydrogens is 244 g/mol. The SMILES string of the molecule is CC1(C)CCCN(C(=O)c2ccc(C(=O)O)nc2)C1. The van der Waals surface area contributed by atoms with Crippen LogP contribution in [0.4, 0.5) is 0 Å². The van der Waals surface area contributed by atoms with Crippen LogP contribution < -0.4 is 0 Å². The monoisotopic (exact) mass is 262 g/mol. The summed E-state index contributed by atoms with van der Waals surface area (Å²) in [7, 11) is 0. The molecule has 2 heterocycles. The molecule has 0 aromatic carbocycles. The maximum atomic E-state index is 12.3. The number of carboxylic acids is 1. The summed E-state index contributed by atoms with van der Waals surface area (Å²) >= 11 is 0. The first kappa shape index (κ1) is 13.5. The number of pyridine rings is 1. The number of piperidine rings is 1. The van der Waals surface area contributed by atoms with Crippen molar-refractivity contribution in [1.29, 1.82) is 0 Å². The maximum absolute atomic E-state index is 12.3. The second kappa shape index (κ2) is 4.99. The molecule has 1 N–H and O–H groups in total. The Morgan fingerprint density at radius 2 is 2.11 bits per heavy atom. The summed E-state index contributed by atoms with van der Waals surface area (Å²) in [5, 5.41) is 8.77. The van der Waals surface area contributed by atoms with E-state index in [1.54, 1.807) is 0 Å². The quantitative estimate of drug-likeness (QED) is 0.885. The van der Waals surface area contributed by atoms with Crippen molar-refractivity contribution in [3.05, 3.63) is 29.6 Å². The standard InChI is InChI=1S/C14H18N2O3/c1-14(2)6-3-7-16(9-14)12(17)10-4-5-11(13(18)19)15-8-10/h4-5,8H,3,6-7,9H2,1-2H3,(H,18,19). The van der Waals surface area contributed by atoms with Crippen molar-refractivity contribution < 1.29 is 14.7 Å². The molecule has 1 aliphatic rings. The number of hydrogen-bond donors (Lipinski definition) is 1. The Bertz CT molecular complexity index is 494. The van der Waals surface area contributed by atoms with E-state index in [4.69, 9.17) is 5.11 Å². The minimum absolute atomic E-state index is 0.0458. The number of carbonyl (C=O) groups excluding carboxylic acids is 1. The fourth-order valence-electron chi connectivity index (χ4n) is 2.43. The second-order valence-electron chi connectivity index (χ2n) is 5.73. The predicted molar refractivity (Wildman–Crippen MR) is 70.1 cm³/mol. The zero-order valence-corrected chi connectivity index (χ0v) is 11.2. The topological polar surface area (TPSA) is 70.5 Å². The zero-order valence-electron chi connectivity index (χ0n) is 11.2. The van der Waals surface area contributed by atoms with Crippen LogP contribution in [0.15, 0.2) is 18.3 Å². The molecule has 0 bridgehead atoms. The first-order chi connectivity index (χ1) is 8.89. The van der Waals surface area contributed by atoms with Crippen LogP contribution in [0.5, 0.6) is 0 Å². The largest absolute Gasteiger partial charge is 0.477 e. The average molecular weight is 262 g/mol. The fraction of sp³-hybridized carbons (Fsp3) is 0.500. The minimum Gasteiger partial charge on any atom is -0.477 e. The van der Waals surface area contributed by atoms with Crippen LogP contribution in [-0.2, 0) is 0 Å². The maximum Gasteiger partial charge on any atom is 0.354 e. The van der Waals surface area contributed by atoms with Gasteiger partial charge in [-0.05, 0) is 30.4 Å². The van der Waals surface area contributed by atoms with Gasteiger partial charge in [0.2, 0.25) is 0 Å². The molecule has 0 spiro atoms. The Kier molecular flexibility index (Phi) is 3.55. The van der Waals surface area contributed by atoms with Crippen molar-refractivity contribution in [2.75, 3.05) is 13.1 Å². The van der Waals surface area contributed by atoms with E-state index in [0.29, 0.717) is 5.56 Å². The van der Waals surface area contributed by atoms with Gasteiger partial charge in [0, 0.05) is 19.3 Å². The number of nitrogens with zero attached hydrogens (tertiary/aromatic N) is 2. The van der Waals surface area contributed by atoms with Gasteiger partial charge in [-0.25, -0.2) is 9.78 Å². The molecule has 5 nitrogen and oxygen atoms in total. The summed E-state index contributed by atoms with van der Waals surface area (Å²) in [5.74, 6) is -1.16. The Morgan fingerprint density at radius 1 is 1.37 bits per heavy atom. The summed E-state index contributed by atoms with van der Waals surface area (Å²) in [4.78, 5) is 28.6. The Morgan fingerprint density at radius 3 is 2.63 bits per heavy atom. The number of amides is 1. The average Bonchev–Trinajstić information content (AvgIpc) is 2.37. The highest BCUT2D eigenvalue weighted by atomic mass is 16.4. The first-order valence-electron chi connectivity index (χ1n) is 6.38. The van der Waals surface area contributed by atoms with Crippen LogP contribution in [0.3, 0.4) is 0 Å². The van der Waals surface area contributed by atoms with E-state index >= 15 is 0 Å². The molecule has 19 heavy (non-hydrogen) atoms. The lowest BCUT2D eigenvalue weighted by atomic mass is 9.84. The molecule has 1 saturated heterocycles. The van der Waals surface area contributed by atoms with Crippen LogP contribution in [-0.4, -0.2) is 40.0 Å². The van der Waals surface area contributed by atoms with E-state index in [0.717, 1.165) is 25.9 Å². The van der Waals surface area contributed by atoms with E-state index in [-0.39, 0.29) is 17.0 Å². The minimum atomic E-state index is -1.09. The molecule has 0 atom stereocenters. The van der Waals surface area contributed by atoms with Crippen molar-refractivity contribution >= 4 is 11.9 Å². The predicted octanol–water partition coefficient (Wildman–Crippen LogP) is 2.04. The molecule has 1 fully saturated rings. The summed E-state index contributed by atoms with van der Waals surface area (Å²) in [5.41, 5.74) is 0.542. The Balaban J connectivity index is 2.13. The van der Waals surface area contributed by atoms with Crippen LogP contribution in [0.25, 0.3) is 0 Å². The number of rotatable bonds is 2. The highest BCUT2D eigenvalue weighted by molar-refractivity contribution is 5.95. The van der Waals surface area contributed by atoms with Crippen molar-refractivity contribution in [1.82, 2.24) is 9.88 Å². The summed E-state index contributed by atoms with van der Waals surface area (Å²) in [6, 6.07) is 2.89. The number of carbonyl (C=O) groups is 2. The normalized spacial score (nSPS) is 18.1. The lowest BCUT2D eigenvalue weighted by Gasteiger charge is -2.38. The lowest BCUT2D eigenvalue weighted by molar-refractivity contribution is 0.0581. The summed E-state index contributed by atoms with van der Waals surface area (Å²) in [6.07, 6.45) is 3.46. The molecule has 1 aliphatic heterocycles. The Hall–Kier alpha value is -1.91. The van der Waals surface area contributed by atoms with Crippen molar-refractivity contribution in [2.45, 2.75) is 26.7 Å². The van der Waals surface area contributed by atoms with E-state index in [2.05, 4.69) is 18.8 Å². The Labute approximate surface area is 112 Å². The highest BCUT2D eigenvalue weighted by Gasteiger charge is 2.29. The third kappa shape index (κ3) is 3.10. The van der Waals surface area contributed by atoms with Crippen LogP contribution >= 0.6 is 0 Å². The van der Waals surface area contributed by atoms with Gasteiger partial charge >= 0.3 is 5.97 Å². The summed E-state index contributed by atoms with van der Waals surface area (Å²) in [6.45, 7) is 5.78. The summed E-state index contributed by atoms with van der Waals surface area (Å²) < 4.78 is 0. The van der Waals surface area contributed by atoms with Gasteiger partial charge < -0.3 is 10.0 Å². The molecule has 5 heteroatoms. The zero-order chi connectivity index (χ0) is 14.0. The lowest BCUT2D eigenvalue weighted by Crippen LogP contribution is -2.43. The molecule has 0 radical (unpaired) electrons. The van der Waals surface area contributed by atoms with E-state index in [9.17, 15) is 9.59 Å². The fourth-order valence-corrected chi connectivity index (χ4v) is 2.43. The van der Waals surface area contributed by atoms with Gasteiger partial charge in [0.1, 0.15) is 5.69 Å². The number of likely N-dealkylation sites (tertiary alicyclic amines) is 1. The molecule has 0 aliphatic carbocycles. The number of carboxylic acid groups (broad SMARTS) is 1. The number of aromatic carboxylic acids is 1. The van der Waals surface area contributed by atoms with E-state index < -0.39 is 5.97 Å². The first-order valence-corrected chi connectivity index (χ1v) is 6.38. The molecule has 1 aromatic rings. The molecule has 1 aromatic heterocycles. The van der Waals surface area contributed by atoms with Gasteiger partial charge in [0.15, 0.2) is 0 Å². The third-order valence-electron chi connectivity index (χ3n) is 3.42. The van der Waals surface area contributed by atoms with Gasteiger partial charge in [-0.15, -0.1) is 0 Å².